The van der Waals surface area contributed by atoms with E-state index < -0.39 is 0 Å². The maximum Gasteiger partial charge on any atom is 0.165 e. The Kier molecular flexibility index (Phi) is 2.81. The lowest BCUT2D eigenvalue weighted by atomic mass is 9.82. The highest BCUT2D eigenvalue weighted by Gasteiger charge is 2.52. The van der Waals surface area contributed by atoms with Crippen molar-refractivity contribution in [2.75, 3.05) is 13.1 Å². The van der Waals surface area contributed by atoms with Crippen molar-refractivity contribution in [3.05, 3.63) is 5.82 Å². The standard InChI is InChI=1S/C13H21N5O/c1-2-5-18-13(14-15-16-18)8-17-6-9-10(7-17)12-4-3-11(9)19-12/h9-12H,2-8H2,1H3/t9-,10-,11+,12+/m0/s1. The van der Waals surface area contributed by atoms with E-state index in [0.29, 0.717) is 12.2 Å². The van der Waals surface area contributed by atoms with Crippen molar-refractivity contribution in [1.29, 1.82) is 0 Å². The highest BCUT2D eigenvalue weighted by molar-refractivity contribution is 5.03. The van der Waals surface area contributed by atoms with Crippen LogP contribution in [-0.2, 0) is 17.8 Å². The summed E-state index contributed by atoms with van der Waals surface area (Å²) >= 11 is 0. The number of fused-ring (bicyclic) bond motifs is 5. The number of rotatable bonds is 4. The summed E-state index contributed by atoms with van der Waals surface area (Å²) in [7, 11) is 0. The quantitative estimate of drug-likeness (QED) is 0.800. The van der Waals surface area contributed by atoms with Crippen LogP contribution in [0.5, 0.6) is 0 Å². The molecule has 0 aromatic carbocycles. The maximum absolute atomic E-state index is 6.01. The van der Waals surface area contributed by atoms with E-state index in [1.807, 2.05) is 4.68 Å². The van der Waals surface area contributed by atoms with Crippen LogP contribution < -0.4 is 0 Å². The van der Waals surface area contributed by atoms with Gasteiger partial charge in [0, 0.05) is 31.5 Å². The molecule has 0 unspecified atom stereocenters. The lowest BCUT2D eigenvalue weighted by Gasteiger charge is -2.18. The predicted octanol–water partition coefficient (Wildman–Crippen LogP) is 0.692. The molecule has 1 aromatic rings. The summed E-state index contributed by atoms with van der Waals surface area (Å²) in [4.78, 5) is 2.51. The minimum atomic E-state index is 0.534. The van der Waals surface area contributed by atoms with E-state index >= 15 is 0 Å². The minimum Gasteiger partial charge on any atom is -0.374 e. The van der Waals surface area contributed by atoms with E-state index in [-0.39, 0.29) is 0 Å². The summed E-state index contributed by atoms with van der Waals surface area (Å²) in [5.74, 6) is 2.53. The van der Waals surface area contributed by atoms with Crippen LogP contribution in [0.25, 0.3) is 0 Å². The lowest BCUT2D eigenvalue weighted by molar-refractivity contribution is 0.0692. The van der Waals surface area contributed by atoms with Gasteiger partial charge in [-0.2, -0.15) is 0 Å². The molecule has 0 saturated carbocycles. The molecule has 104 valence electrons. The predicted molar refractivity (Wildman–Crippen MR) is 68.3 cm³/mol. The van der Waals surface area contributed by atoms with Gasteiger partial charge in [-0.3, -0.25) is 4.90 Å². The normalized spacial score (nSPS) is 37.1. The average molecular weight is 263 g/mol. The Labute approximate surface area is 113 Å². The van der Waals surface area contributed by atoms with Crippen molar-refractivity contribution in [2.24, 2.45) is 11.8 Å². The van der Waals surface area contributed by atoms with E-state index in [2.05, 4.69) is 27.3 Å². The molecule has 4 heterocycles. The van der Waals surface area contributed by atoms with Gasteiger partial charge in [0.25, 0.3) is 0 Å². The zero-order valence-electron chi connectivity index (χ0n) is 11.4. The zero-order chi connectivity index (χ0) is 12.8. The molecule has 4 atom stereocenters. The maximum atomic E-state index is 6.01. The second-order valence-corrected chi connectivity index (χ2v) is 6.13. The van der Waals surface area contributed by atoms with E-state index in [0.717, 1.165) is 50.3 Å². The summed E-state index contributed by atoms with van der Waals surface area (Å²) < 4.78 is 7.96. The van der Waals surface area contributed by atoms with Crippen molar-refractivity contribution >= 4 is 0 Å². The molecule has 19 heavy (non-hydrogen) atoms. The molecule has 3 aliphatic heterocycles. The van der Waals surface area contributed by atoms with E-state index in [1.165, 1.54) is 12.8 Å². The SMILES string of the molecule is CCCn1nnnc1CN1C[C@H]2[C@H](C1)[C@H]1CC[C@H]2O1. The molecule has 0 radical (unpaired) electrons. The van der Waals surface area contributed by atoms with Crippen LogP contribution in [0.1, 0.15) is 32.0 Å². The Hall–Kier alpha value is -1.01. The monoisotopic (exact) mass is 263 g/mol. The van der Waals surface area contributed by atoms with Crippen LogP contribution in [0.15, 0.2) is 0 Å². The van der Waals surface area contributed by atoms with E-state index in [9.17, 15) is 0 Å². The first-order valence-corrected chi connectivity index (χ1v) is 7.48. The van der Waals surface area contributed by atoms with Gasteiger partial charge in [0.15, 0.2) is 5.82 Å². The van der Waals surface area contributed by atoms with Crippen molar-refractivity contribution in [3.8, 4) is 0 Å². The van der Waals surface area contributed by atoms with E-state index in [4.69, 9.17) is 4.74 Å². The van der Waals surface area contributed by atoms with Crippen LogP contribution >= 0.6 is 0 Å². The molecule has 0 aliphatic carbocycles. The molecule has 2 bridgehead atoms. The highest BCUT2D eigenvalue weighted by Crippen LogP contribution is 2.47. The van der Waals surface area contributed by atoms with Crippen molar-refractivity contribution in [1.82, 2.24) is 25.1 Å². The van der Waals surface area contributed by atoms with Gasteiger partial charge >= 0.3 is 0 Å². The molecular weight excluding hydrogens is 242 g/mol. The van der Waals surface area contributed by atoms with Crippen LogP contribution in [-0.4, -0.2) is 50.4 Å². The van der Waals surface area contributed by atoms with Crippen LogP contribution in [0.4, 0.5) is 0 Å². The molecule has 3 fully saturated rings. The second kappa shape index (κ2) is 4.52. The van der Waals surface area contributed by atoms with Gasteiger partial charge in [-0.1, -0.05) is 6.92 Å². The Balaban J connectivity index is 1.43. The Morgan fingerprint density at radius 1 is 1.21 bits per heavy atom. The van der Waals surface area contributed by atoms with Crippen molar-refractivity contribution in [3.63, 3.8) is 0 Å². The fourth-order valence-electron chi connectivity index (χ4n) is 4.10. The number of nitrogens with zero attached hydrogens (tertiary/aromatic N) is 5. The zero-order valence-corrected chi connectivity index (χ0v) is 11.4. The molecular formula is C13H21N5O. The molecule has 3 aliphatic rings. The van der Waals surface area contributed by atoms with Crippen LogP contribution in [0, 0.1) is 11.8 Å². The fourth-order valence-corrected chi connectivity index (χ4v) is 4.10. The first-order valence-electron chi connectivity index (χ1n) is 7.48. The Morgan fingerprint density at radius 2 is 1.95 bits per heavy atom. The number of ether oxygens (including phenoxy) is 1. The summed E-state index contributed by atoms with van der Waals surface area (Å²) in [6, 6.07) is 0. The third-order valence-electron chi connectivity index (χ3n) is 4.93. The third-order valence-corrected chi connectivity index (χ3v) is 4.93. The molecule has 0 spiro atoms. The summed E-state index contributed by atoms with van der Waals surface area (Å²) in [5.41, 5.74) is 0. The van der Waals surface area contributed by atoms with Gasteiger partial charge in [0.1, 0.15) is 0 Å². The van der Waals surface area contributed by atoms with Crippen molar-refractivity contribution in [2.45, 2.75) is 51.5 Å². The Morgan fingerprint density at radius 3 is 2.63 bits per heavy atom. The van der Waals surface area contributed by atoms with Crippen LogP contribution in [0.2, 0.25) is 0 Å². The minimum absolute atomic E-state index is 0.534. The number of aryl methyl sites for hydroxylation is 1. The number of likely N-dealkylation sites (tertiary alicyclic amines) is 1. The number of hydrogen-bond donors (Lipinski definition) is 0. The van der Waals surface area contributed by atoms with Gasteiger partial charge in [0.05, 0.1) is 18.8 Å². The summed E-state index contributed by atoms with van der Waals surface area (Å²) in [5, 5.41) is 12.1. The van der Waals surface area contributed by atoms with Crippen molar-refractivity contribution < 1.29 is 4.74 Å². The van der Waals surface area contributed by atoms with Gasteiger partial charge in [-0.15, -0.1) is 5.10 Å². The number of tetrazole rings is 1. The Bertz CT molecular complexity index is 444. The van der Waals surface area contributed by atoms with Gasteiger partial charge < -0.3 is 4.74 Å². The topological polar surface area (TPSA) is 56.1 Å². The van der Waals surface area contributed by atoms with Crippen LogP contribution in [0.3, 0.4) is 0 Å². The third kappa shape index (κ3) is 1.89. The largest absolute Gasteiger partial charge is 0.374 e. The first kappa shape index (κ1) is 11.8. The average Bonchev–Trinajstić information content (AvgIpc) is 3.12. The second-order valence-electron chi connectivity index (χ2n) is 6.13. The summed E-state index contributed by atoms with van der Waals surface area (Å²) in [6.07, 6.45) is 4.68. The smallest absolute Gasteiger partial charge is 0.165 e. The first-order chi connectivity index (χ1) is 9.35. The van der Waals surface area contributed by atoms with E-state index in [1.54, 1.807) is 0 Å². The highest BCUT2D eigenvalue weighted by atomic mass is 16.5. The molecule has 6 nitrogen and oxygen atoms in total. The number of hydrogen-bond acceptors (Lipinski definition) is 5. The summed E-state index contributed by atoms with van der Waals surface area (Å²) in [6.45, 7) is 6.27. The van der Waals surface area contributed by atoms with Gasteiger partial charge in [-0.05, 0) is 29.7 Å². The van der Waals surface area contributed by atoms with Gasteiger partial charge in [-0.25, -0.2) is 4.68 Å². The molecule has 0 N–H and O–H groups in total. The molecule has 0 amide bonds. The molecule has 3 saturated heterocycles. The molecule has 4 rings (SSSR count). The van der Waals surface area contributed by atoms with Gasteiger partial charge in [0.2, 0.25) is 0 Å². The molecule has 6 heteroatoms. The number of aromatic nitrogens is 4. The molecule has 1 aromatic heterocycles. The fraction of sp³-hybridized carbons (Fsp3) is 0.923. The lowest BCUT2D eigenvalue weighted by Crippen LogP contribution is -2.26.